The van der Waals surface area contributed by atoms with Crippen molar-refractivity contribution in [1.82, 2.24) is 24.4 Å². The lowest BCUT2D eigenvalue weighted by Crippen LogP contribution is -2.47. The number of nitrogens with zero attached hydrogens (tertiary/aromatic N) is 6. The van der Waals surface area contributed by atoms with E-state index in [9.17, 15) is 0 Å². The third-order valence-electron chi connectivity index (χ3n) is 4.91. The van der Waals surface area contributed by atoms with Crippen LogP contribution in [0, 0.1) is 0 Å². The summed E-state index contributed by atoms with van der Waals surface area (Å²) in [6.45, 7) is 6.28. The van der Waals surface area contributed by atoms with Crippen LogP contribution in [0.4, 0.5) is 5.95 Å². The Morgan fingerprint density at radius 3 is 2.50 bits per heavy atom. The normalized spacial score (nSPS) is 15.7. The Hall–Kier alpha value is -2.18. The molecule has 6 nitrogen and oxygen atoms in total. The third-order valence-corrected chi connectivity index (χ3v) is 5.15. The molecule has 1 aromatic carbocycles. The molecule has 0 amide bonds. The van der Waals surface area contributed by atoms with Crippen LogP contribution in [0.5, 0.6) is 0 Å². The van der Waals surface area contributed by atoms with Crippen LogP contribution in [0.25, 0.3) is 11.0 Å². The Balaban J connectivity index is 1.21. The van der Waals surface area contributed by atoms with Crippen molar-refractivity contribution in [1.29, 1.82) is 0 Å². The first-order chi connectivity index (χ1) is 12.8. The number of rotatable bonds is 6. The molecule has 7 heteroatoms. The Kier molecular flexibility index (Phi) is 5.32. The van der Waals surface area contributed by atoms with E-state index >= 15 is 0 Å². The molecule has 0 bridgehead atoms. The number of fused-ring (bicyclic) bond motifs is 1. The number of hydrogen-bond acceptors (Lipinski definition) is 5. The highest BCUT2D eigenvalue weighted by Crippen LogP contribution is 2.18. The highest BCUT2D eigenvalue weighted by atomic mass is 35.5. The molecule has 136 valence electrons. The first kappa shape index (κ1) is 17.2. The topological polar surface area (TPSA) is 50.1 Å². The number of unbranched alkanes of at least 4 members (excludes halogenated alkanes) is 1. The molecule has 3 heterocycles. The Morgan fingerprint density at radius 2 is 1.69 bits per heavy atom. The van der Waals surface area contributed by atoms with Gasteiger partial charge in [0.25, 0.3) is 0 Å². The van der Waals surface area contributed by atoms with Crippen LogP contribution in [0.1, 0.15) is 12.8 Å². The zero-order chi connectivity index (χ0) is 17.8. The summed E-state index contributed by atoms with van der Waals surface area (Å²) < 4.78 is 2.22. The van der Waals surface area contributed by atoms with E-state index in [0.717, 1.165) is 67.7 Å². The van der Waals surface area contributed by atoms with E-state index in [4.69, 9.17) is 11.6 Å². The number of benzene rings is 1. The van der Waals surface area contributed by atoms with Gasteiger partial charge in [-0.2, -0.15) is 0 Å². The summed E-state index contributed by atoms with van der Waals surface area (Å²) in [7, 11) is 0. The number of halogens is 1. The first-order valence-electron chi connectivity index (χ1n) is 9.14. The zero-order valence-corrected chi connectivity index (χ0v) is 15.5. The molecule has 0 unspecified atom stereocenters. The molecule has 1 aliphatic heterocycles. The van der Waals surface area contributed by atoms with Crippen molar-refractivity contribution in [2.24, 2.45) is 0 Å². The van der Waals surface area contributed by atoms with Crippen molar-refractivity contribution in [2.75, 3.05) is 37.6 Å². The Bertz CT molecular complexity index is 842. The maximum absolute atomic E-state index is 6.02. The van der Waals surface area contributed by atoms with E-state index in [1.807, 2.05) is 36.9 Å². The maximum Gasteiger partial charge on any atom is 0.225 e. The van der Waals surface area contributed by atoms with Crippen molar-refractivity contribution < 1.29 is 0 Å². The molecule has 1 fully saturated rings. The largest absolute Gasteiger partial charge is 0.338 e. The highest BCUT2D eigenvalue weighted by Gasteiger charge is 2.18. The van der Waals surface area contributed by atoms with Crippen molar-refractivity contribution in [3.8, 4) is 0 Å². The molecule has 0 aliphatic carbocycles. The van der Waals surface area contributed by atoms with E-state index in [1.54, 1.807) is 0 Å². The van der Waals surface area contributed by atoms with E-state index < -0.39 is 0 Å². The van der Waals surface area contributed by atoms with Gasteiger partial charge in [-0.05, 0) is 43.7 Å². The smallest absolute Gasteiger partial charge is 0.225 e. The quantitative estimate of drug-likeness (QED) is 0.624. The summed E-state index contributed by atoms with van der Waals surface area (Å²) in [6, 6.07) is 7.76. The molecule has 0 atom stereocenters. The fourth-order valence-electron chi connectivity index (χ4n) is 3.46. The summed E-state index contributed by atoms with van der Waals surface area (Å²) in [5.41, 5.74) is 2.13. The lowest BCUT2D eigenvalue weighted by atomic mass is 10.2. The predicted molar refractivity (Wildman–Crippen MR) is 105 cm³/mol. The van der Waals surface area contributed by atoms with E-state index in [1.165, 1.54) is 6.42 Å². The molecular weight excluding hydrogens is 348 g/mol. The summed E-state index contributed by atoms with van der Waals surface area (Å²) in [6.07, 6.45) is 7.87. The van der Waals surface area contributed by atoms with Crippen LogP contribution >= 0.6 is 11.6 Å². The van der Waals surface area contributed by atoms with Gasteiger partial charge in [0.2, 0.25) is 5.95 Å². The molecule has 26 heavy (non-hydrogen) atoms. The zero-order valence-electron chi connectivity index (χ0n) is 14.8. The lowest BCUT2D eigenvalue weighted by Gasteiger charge is -2.34. The van der Waals surface area contributed by atoms with Crippen LogP contribution in [-0.4, -0.2) is 57.1 Å². The molecule has 4 rings (SSSR count). The van der Waals surface area contributed by atoms with Gasteiger partial charge in [0.05, 0.1) is 17.4 Å². The predicted octanol–water partition coefficient (Wildman–Crippen LogP) is 3.08. The third kappa shape index (κ3) is 3.97. The van der Waals surface area contributed by atoms with Gasteiger partial charge in [0.1, 0.15) is 0 Å². The van der Waals surface area contributed by atoms with Crippen molar-refractivity contribution >= 4 is 28.6 Å². The van der Waals surface area contributed by atoms with E-state index in [2.05, 4.69) is 35.4 Å². The molecular formula is C19H23ClN6. The minimum Gasteiger partial charge on any atom is -0.338 e. The van der Waals surface area contributed by atoms with Crippen LogP contribution in [0.2, 0.25) is 5.02 Å². The molecule has 0 N–H and O–H groups in total. The minimum atomic E-state index is 0.739. The standard InChI is InChI=1S/C19H23ClN6/c20-16-4-5-18-17(14-16)23-15-26(18)9-2-1-8-24-10-12-25(13-11-24)19-21-6-3-7-22-19/h3-7,14-15H,1-2,8-13H2. The minimum absolute atomic E-state index is 0.739. The summed E-state index contributed by atoms with van der Waals surface area (Å²) >= 11 is 6.02. The number of imidazole rings is 1. The number of hydrogen-bond donors (Lipinski definition) is 0. The second kappa shape index (κ2) is 8.01. The van der Waals surface area contributed by atoms with Crippen LogP contribution < -0.4 is 4.90 Å². The molecule has 0 radical (unpaired) electrons. The van der Waals surface area contributed by atoms with Crippen LogP contribution in [0.3, 0.4) is 0 Å². The number of piperazine rings is 1. The Morgan fingerprint density at radius 1 is 0.923 bits per heavy atom. The lowest BCUT2D eigenvalue weighted by molar-refractivity contribution is 0.250. The SMILES string of the molecule is Clc1ccc2c(c1)ncn2CCCCN1CCN(c2ncccn2)CC1. The van der Waals surface area contributed by atoms with Gasteiger partial charge in [-0.3, -0.25) is 4.90 Å². The Labute approximate surface area is 158 Å². The molecule has 1 aliphatic rings. The molecule has 3 aromatic rings. The van der Waals surface area contributed by atoms with Gasteiger partial charge in [-0.25, -0.2) is 15.0 Å². The first-order valence-corrected chi connectivity index (χ1v) is 9.52. The monoisotopic (exact) mass is 370 g/mol. The van der Waals surface area contributed by atoms with Crippen LogP contribution in [0.15, 0.2) is 43.0 Å². The van der Waals surface area contributed by atoms with Gasteiger partial charge >= 0.3 is 0 Å². The van der Waals surface area contributed by atoms with Gasteiger partial charge in [0.15, 0.2) is 0 Å². The molecule has 1 saturated heterocycles. The number of aromatic nitrogens is 4. The van der Waals surface area contributed by atoms with Crippen molar-refractivity contribution in [2.45, 2.75) is 19.4 Å². The maximum atomic E-state index is 6.02. The molecule has 2 aromatic heterocycles. The summed E-state index contributed by atoms with van der Waals surface area (Å²) in [5.74, 6) is 0.847. The fraction of sp³-hybridized carbons (Fsp3) is 0.421. The van der Waals surface area contributed by atoms with Gasteiger partial charge in [-0.15, -0.1) is 0 Å². The second-order valence-electron chi connectivity index (χ2n) is 6.66. The van der Waals surface area contributed by atoms with Gasteiger partial charge < -0.3 is 9.47 Å². The van der Waals surface area contributed by atoms with Gasteiger partial charge in [0, 0.05) is 50.1 Å². The second-order valence-corrected chi connectivity index (χ2v) is 7.09. The van der Waals surface area contributed by atoms with Crippen molar-refractivity contribution in [3.63, 3.8) is 0 Å². The van der Waals surface area contributed by atoms with Crippen LogP contribution in [-0.2, 0) is 6.54 Å². The highest BCUT2D eigenvalue weighted by molar-refractivity contribution is 6.31. The van der Waals surface area contributed by atoms with E-state index in [-0.39, 0.29) is 0 Å². The summed E-state index contributed by atoms with van der Waals surface area (Å²) in [5, 5.41) is 0.739. The molecule has 0 saturated carbocycles. The number of anilines is 1. The number of aryl methyl sites for hydroxylation is 1. The average molecular weight is 371 g/mol. The summed E-state index contributed by atoms with van der Waals surface area (Å²) in [4.78, 5) is 17.9. The fourth-order valence-corrected chi connectivity index (χ4v) is 3.63. The van der Waals surface area contributed by atoms with Gasteiger partial charge in [-0.1, -0.05) is 11.6 Å². The van der Waals surface area contributed by atoms with E-state index in [0.29, 0.717) is 0 Å². The molecule has 0 spiro atoms. The van der Waals surface area contributed by atoms with Crippen molar-refractivity contribution in [3.05, 3.63) is 48.0 Å². The average Bonchev–Trinajstić information content (AvgIpc) is 3.08.